The van der Waals surface area contributed by atoms with E-state index in [0.29, 0.717) is 5.56 Å². The highest BCUT2D eigenvalue weighted by molar-refractivity contribution is 7.22. The fraction of sp³-hybridized carbons (Fsp3) is 0.0952. The van der Waals surface area contributed by atoms with Crippen molar-refractivity contribution in [1.29, 1.82) is 0 Å². The molecular weight excluding hydrogens is 330 g/mol. The van der Waals surface area contributed by atoms with Crippen molar-refractivity contribution in [2.45, 2.75) is 13.8 Å². The SMILES string of the molecule is Cc1ccc(C)c2sc(-c3ccc(-c4ccc(C(=O)O)cc4)[nH]3)cc12. The molecule has 4 rings (SSSR count). The van der Waals surface area contributed by atoms with Crippen molar-refractivity contribution in [3.05, 3.63) is 71.3 Å². The zero-order valence-corrected chi connectivity index (χ0v) is 14.8. The maximum Gasteiger partial charge on any atom is 0.335 e. The van der Waals surface area contributed by atoms with Gasteiger partial charge in [0.1, 0.15) is 0 Å². The molecule has 2 N–H and O–H groups in total. The van der Waals surface area contributed by atoms with Crippen LogP contribution in [0.4, 0.5) is 0 Å². The minimum Gasteiger partial charge on any atom is -0.478 e. The van der Waals surface area contributed by atoms with Crippen LogP contribution in [0.3, 0.4) is 0 Å². The smallest absolute Gasteiger partial charge is 0.335 e. The summed E-state index contributed by atoms with van der Waals surface area (Å²) >= 11 is 1.80. The van der Waals surface area contributed by atoms with E-state index in [4.69, 9.17) is 5.11 Å². The van der Waals surface area contributed by atoms with Gasteiger partial charge in [0.25, 0.3) is 0 Å². The van der Waals surface area contributed by atoms with Gasteiger partial charge in [-0.25, -0.2) is 4.79 Å². The molecule has 0 radical (unpaired) electrons. The topological polar surface area (TPSA) is 53.1 Å². The predicted molar refractivity (Wildman–Crippen MR) is 103 cm³/mol. The van der Waals surface area contributed by atoms with Crippen LogP contribution in [0.5, 0.6) is 0 Å². The largest absolute Gasteiger partial charge is 0.478 e. The average molecular weight is 347 g/mol. The summed E-state index contributed by atoms with van der Waals surface area (Å²) in [6.45, 7) is 4.29. The highest BCUT2D eigenvalue weighted by Gasteiger charge is 2.11. The zero-order chi connectivity index (χ0) is 17.6. The average Bonchev–Trinajstić information content (AvgIpc) is 3.26. The number of aromatic amines is 1. The van der Waals surface area contributed by atoms with Gasteiger partial charge in [-0.1, -0.05) is 24.3 Å². The van der Waals surface area contributed by atoms with E-state index >= 15 is 0 Å². The van der Waals surface area contributed by atoms with Crippen molar-refractivity contribution < 1.29 is 9.90 Å². The Morgan fingerprint density at radius 1 is 0.920 bits per heavy atom. The zero-order valence-electron chi connectivity index (χ0n) is 14.0. The number of carboxylic acids is 1. The van der Waals surface area contributed by atoms with Crippen LogP contribution < -0.4 is 0 Å². The fourth-order valence-electron chi connectivity index (χ4n) is 3.02. The number of benzene rings is 2. The van der Waals surface area contributed by atoms with E-state index < -0.39 is 5.97 Å². The number of hydrogen-bond acceptors (Lipinski definition) is 2. The van der Waals surface area contributed by atoms with Gasteiger partial charge < -0.3 is 10.1 Å². The molecule has 0 aliphatic rings. The molecule has 0 saturated heterocycles. The Labute approximate surface area is 149 Å². The van der Waals surface area contributed by atoms with E-state index in [9.17, 15) is 4.79 Å². The number of fused-ring (bicyclic) bond motifs is 1. The number of aromatic carboxylic acids is 1. The van der Waals surface area contributed by atoms with Crippen LogP contribution in [0.25, 0.3) is 31.9 Å². The molecule has 124 valence electrons. The number of H-pyrrole nitrogens is 1. The molecule has 0 amide bonds. The monoisotopic (exact) mass is 347 g/mol. The summed E-state index contributed by atoms with van der Waals surface area (Å²) in [6, 6.07) is 17.6. The van der Waals surface area contributed by atoms with Gasteiger partial charge in [-0.05, 0) is 66.3 Å². The second-order valence-electron chi connectivity index (χ2n) is 6.22. The molecule has 4 aromatic rings. The lowest BCUT2D eigenvalue weighted by Crippen LogP contribution is -1.94. The van der Waals surface area contributed by atoms with E-state index in [0.717, 1.165) is 17.0 Å². The first kappa shape index (κ1) is 15.7. The van der Waals surface area contributed by atoms with Gasteiger partial charge in [0.2, 0.25) is 0 Å². The molecular formula is C21H17NO2S. The highest BCUT2D eigenvalue weighted by Crippen LogP contribution is 2.37. The van der Waals surface area contributed by atoms with E-state index in [2.05, 4.69) is 43.1 Å². The molecule has 4 heteroatoms. The maximum absolute atomic E-state index is 11.0. The van der Waals surface area contributed by atoms with Crippen LogP contribution in [-0.4, -0.2) is 16.1 Å². The summed E-state index contributed by atoms with van der Waals surface area (Å²) < 4.78 is 1.33. The lowest BCUT2D eigenvalue weighted by Gasteiger charge is -1.99. The van der Waals surface area contributed by atoms with Crippen LogP contribution in [-0.2, 0) is 0 Å². The van der Waals surface area contributed by atoms with Gasteiger partial charge >= 0.3 is 5.97 Å². The lowest BCUT2D eigenvalue weighted by atomic mass is 10.1. The molecule has 0 spiro atoms. The van der Waals surface area contributed by atoms with Crippen LogP contribution in [0.15, 0.2) is 54.6 Å². The number of aromatic nitrogens is 1. The quantitative estimate of drug-likeness (QED) is 0.486. The number of carboxylic acid groups (broad SMARTS) is 1. The normalized spacial score (nSPS) is 11.1. The number of aryl methyl sites for hydroxylation is 2. The number of rotatable bonds is 3. The first-order valence-electron chi connectivity index (χ1n) is 8.06. The van der Waals surface area contributed by atoms with Crippen LogP contribution >= 0.6 is 11.3 Å². The molecule has 0 fully saturated rings. The van der Waals surface area contributed by atoms with Crippen molar-refractivity contribution >= 4 is 27.4 Å². The number of carbonyl (C=O) groups is 1. The molecule has 2 heterocycles. The van der Waals surface area contributed by atoms with Gasteiger partial charge in [-0.3, -0.25) is 0 Å². The Bertz CT molecular complexity index is 1050. The van der Waals surface area contributed by atoms with Crippen molar-refractivity contribution in [1.82, 2.24) is 4.98 Å². The van der Waals surface area contributed by atoms with E-state index in [-0.39, 0.29) is 0 Å². The summed E-state index contributed by atoms with van der Waals surface area (Å²) in [5, 5.41) is 10.3. The summed E-state index contributed by atoms with van der Waals surface area (Å²) in [6.07, 6.45) is 0. The molecule has 0 aliphatic heterocycles. The molecule has 0 saturated carbocycles. The summed E-state index contributed by atoms with van der Waals surface area (Å²) in [4.78, 5) is 15.6. The van der Waals surface area contributed by atoms with Gasteiger partial charge in [0.05, 0.1) is 16.1 Å². The molecule has 2 aromatic heterocycles. The molecule has 0 atom stereocenters. The Morgan fingerprint density at radius 3 is 2.28 bits per heavy atom. The summed E-state index contributed by atoms with van der Waals surface area (Å²) in [5.74, 6) is -0.908. The second-order valence-corrected chi connectivity index (χ2v) is 7.27. The minimum absolute atomic E-state index is 0.297. The van der Waals surface area contributed by atoms with Gasteiger partial charge in [0.15, 0.2) is 0 Å². The van der Waals surface area contributed by atoms with Gasteiger partial charge in [-0.15, -0.1) is 11.3 Å². The highest BCUT2D eigenvalue weighted by atomic mass is 32.1. The Hall–Kier alpha value is -2.85. The van der Waals surface area contributed by atoms with Crippen molar-refractivity contribution in [3.8, 4) is 21.8 Å². The summed E-state index contributed by atoms with van der Waals surface area (Å²) in [7, 11) is 0. The lowest BCUT2D eigenvalue weighted by molar-refractivity contribution is 0.0697. The van der Waals surface area contributed by atoms with E-state index in [1.54, 1.807) is 23.5 Å². The molecule has 2 aromatic carbocycles. The van der Waals surface area contributed by atoms with Crippen LogP contribution in [0.1, 0.15) is 21.5 Å². The third kappa shape index (κ3) is 2.75. The molecule has 3 nitrogen and oxygen atoms in total. The maximum atomic E-state index is 11.0. The summed E-state index contributed by atoms with van der Waals surface area (Å²) in [5.41, 5.74) is 5.93. The predicted octanol–water partition coefficient (Wildman–Crippen LogP) is 5.88. The number of nitrogens with one attached hydrogen (secondary N) is 1. The first-order chi connectivity index (χ1) is 12.0. The molecule has 0 aliphatic carbocycles. The van der Waals surface area contributed by atoms with Crippen molar-refractivity contribution in [2.24, 2.45) is 0 Å². The third-order valence-electron chi connectivity index (χ3n) is 4.49. The van der Waals surface area contributed by atoms with Crippen LogP contribution in [0.2, 0.25) is 0 Å². The number of thiophene rings is 1. The van der Waals surface area contributed by atoms with Gasteiger partial charge in [-0.2, -0.15) is 0 Å². The fourth-order valence-corrected chi connectivity index (χ4v) is 4.21. The standard InChI is InChI=1S/C21H17NO2S/c1-12-3-4-13(2)20-16(12)11-19(25-20)18-10-9-17(22-18)14-5-7-15(8-6-14)21(23)24/h3-11,22H,1-2H3,(H,23,24). The van der Waals surface area contributed by atoms with Gasteiger partial charge in [0, 0.05) is 10.4 Å². The number of hydrogen-bond donors (Lipinski definition) is 2. The van der Waals surface area contributed by atoms with E-state index in [1.807, 2.05) is 18.2 Å². The Kier molecular flexibility index (Phi) is 3.70. The Morgan fingerprint density at radius 2 is 1.60 bits per heavy atom. The second kappa shape index (κ2) is 5.90. The van der Waals surface area contributed by atoms with Crippen molar-refractivity contribution in [3.63, 3.8) is 0 Å². The van der Waals surface area contributed by atoms with E-state index in [1.165, 1.54) is 26.1 Å². The first-order valence-corrected chi connectivity index (χ1v) is 8.87. The minimum atomic E-state index is -0.908. The molecule has 0 unspecified atom stereocenters. The van der Waals surface area contributed by atoms with Crippen molar-refractivity contribution in [2.75, 3.05) is 0 Å². The third-order valence-corrected chi connectivity index (χ3v) is 5.80. The molecule has 0 bridgehead atoms. The molecule has 25 heavy (non-hydrogen) atoms. The van der Waals surface area contributed by atoms with Crippen LogP contribution in [0, 0.1) is 13.8 Å². The Balaban J connectivity index is 1.73.